The van der Waals surface area contributed by atoms with Gasteiger partial charge in [0.15, 0.2) is 0 Å². The van der Waals surface area contributed by atoms with Gasteiger partial charge in [-0.25, -0.2) is 9.28 Å². The molecule has 17 heavy (non-hydrogen) atoms. The molecule has 0 saturated heterocycles. The van der Waals surface area contributed by atoms with Gasteiger partial charge in [-0.1, -0.05) is 48.5 Å². The summed E-state index contributed by atoms with van der Waals surface area (Å²) in [4.78, 5) is 4.38. The van der Waals surface area contributed by atoms with E-state index in [1.54, 1.807) is 18.2 Å². The quantitative estimate of drug-likeness (QED) is 0.644. The van der Waals surface area contributed by atoms with Crippen LogP contribution in [0.15, 0.2) is 54.6 Å². The predicted molar refractivity (Wildman–Crippen MR) is 63.0 cm³/mol. The first kappa shape index (κ1) is 11.8. The van der Waals surface area contributed by atoms with E-state index in [-0.39, 0.29) is 5.82 Å². The SMILES string of the molecule is OOC(Cc1ccccc1)c1ccccc1F. The fourth-order valence-corrected chi connectivity index (χ4v) is 1.77. The molecule has 0 spiro atoms. The smallest absolute Gasteiger partial charge is 0.129 e. The fourth-order valence-electron chi connectivity index (χ4n) is 1.77. The number of benzene rings is 2. The average molecular weight is 232 g/mol. The second-order valence-corrected chi connectivity index (χ2v) is 3.81. The number of rotatable bonds is 4. The molecule has 0 aliphatic carbocycles. The van der Waals surface area contributed by atoms with Crippen LogP contribution in [-0.4, -0.2) is 5.26 Å². The van der Waals surface area contributed by atoms with Crippen LogP contribution in [0.3, 0.4) is 0 Å². The lowest BCUT2D eigenvalue weighted by Gasteiger charge is -2.14. The van der Waals surface area contributed by atoms with Crippen LogP contribution in [0, 0.1) is 5.82 Å². The summed E-state index contributed by atoms with van der Waals surface area (Å²) in [7, 11) is 0. The Morgan fingerprint density at radius 1 is 1.00 bits per heavy atom. The molecule has 0 fully saturated rings. The maximum atomic E-state index is 13.5. The lowest BCUT2D eigenvalue weighted by atomic mass is 10.0. The van der Waals surface area contributed by atoms with E-state index in [1.165, 1.54) is 6.07 Å². The minimum atomic E-state index is -0.682. The molecule has 88 valence electrons. The lowest BCUT2D eigenvalue weighted by molar-refractivity contribution is -0.282. The van der Waals surface area contributed by atoms with Gasteiger partial charge in [0.2, 0.25) is 0 Å². The van der Waals surface area contributed by atoms with Crippen molar-refractivity contribution >= 4 is 0 Å². The molecule has 2 rings (SSSR count). The Labute approximate surface area is 99.2 Å². The van der Waals surface area contributed by atoms with Gasteiger partial charge in [-0.3, -0.25) is 5.26 Å². The second-order valence-electron chi connectivity index (χ2n) is 3.81. The van der Waals surface area contributed by atoms with Crippen molar-refractivity contribution in [3.63, 3.8) is 0 Å². The Bertz CT molecular complexity index is 471. The van der Waals surface area contributed by atoms with Gasteiger partial charge in [-0.2, -0.15) is 0 Å². The van der Waals surface area contributed by atoms with Crippen LogP contribution >= 0.6 is 0 Å². The molecule has 0 aromatic heterocycles. The Hall–Kier alpha value is -1.71. The van der Waals surface area contributed by atoms with Crippen LogP contribution in [0.1, 0.15) is 17.2 Å². The van der Waals surface area contributed by atoms with E-state index in [1.807, 2.05) is 30.3 Å². The lowest BCUT2D eigenvalue weighted by Crippen LogP contribution is -2.07. The normalized spacial score (nSPS) is 12.4. The molecular formula is C14H13FO2. The van der Waals surface area contributed by atoms with E-state index in [9.17, 15) is 4.39 Å². The number of hydrogen-bond acceptors (Lipinski definition) is 2. The monoisotopic (exact) mass is 232 g/mol. The fraction of sp³-hybridized carbons (Fsp3) is 0.143. The van der Waals surface area contributed by atoms with E-state index < -0.39 is 6.10 Å². The summed E-state index contributed by atoms with van der Waals surface area (Å²) < 4.78 is 13.5. The first-order chi connectivity index (χ1) is 8.31. The largest absolute Gasteiger partial charge is 0.251 e. The van der Waals surface area contributed by atoms with Crippen molar-refractivity contribution in [2.45, 2.75) is 12.5 Å². The molecule has 1 N–H and O–H groups in total. The van der Waals surface area contributed by atoms with E-state index in [2.05, 4.69) is 4.89 Å². The molecule has 0 bridgehead atoms. The topological polar surface area (TPSA) is 29.5 Å². The Morgan fingerprint density at radius 2 is 1.65 bits per heavy atom. The van der Waals surface area contributed by atoms with Gasteiger partial charge in [0, 0.05) is 12.0 Å². The highest BCUT2D eigenvalue weighted by Crippen LogP contribution is 2.23. The predicted octanol–water partition coefficient (Wildman–Crippen LogP) is 3.60. The van der Waals surface area contributed by atoms with Crippen LogP contribution in [0.25, 0.3) is 0 Å². The van der Waals surface area contributed by atoms with Crippen molar-refractivity contribution in [1.82, 2.24) is 0 Å². The third-order valence-corrected chi connectivity index (χ3v) is 2.64. The summed E-state index contributed by atoms with van der Waals surface area (Å²) in [5, 5.41) is 8.90. The van der Waals surface area contributed by atoms with E-state index in [0.29, 0.717) is 12.0 Å². The zero-order valence-corrected chi connectivity index (χ0v) is 9.21. The van der Waals surface area contributed by atoms with Crippen molar-refractivity contribution < 1.29 is 14.5 Å². The molecule has 0 heterocycles. The molecule has 2 nitrogen and oxygen atoms in total. The van der Waals surface area contributed by atoms with Gasteiger partial charge in [0.05, 0.1) is 0 Å². The highest BCUT2D eigenvalue weighted by molar-refractivity contribution is 5.23. The van der Waals surface area contributed by atoms with Crippen LogP contribution in [0.4, 0.5) is 4.39 Å². The summed E-state index contributed by atoms with van der Waals surface area (Å²) in [6, 6.07) is 15.8. The van der Waals surface area contributed by atoms with Crippen molar-refractivity contribution in [3.8, 4) is 0 Å². The molecule has 1 unspecified atom stereocenters. The molecule has 1 atom stereocenters. The molecular weight excluding hydrogens is 219 g/mol. The van der Waals surface area contributed by atoms with Crippen LogP contribution in [0.5, 0.6) is 0 Å². The average Bonchev–Trinajstić information content (AvgIpc) is 2.38. The van der Waals surface area contributed by atoms with Crippen LogP contribution in [0.2, 0.25) is 0 Å². The zero-order chi connectivity index (χ0) is 12.1. The third kappa shape index (κ3) is 2.90. The van der Waals surface area contributed by atoms with Gasteiger partial charge in [-0.05, 0) is 11.6 Å². The van der Waals surface area contributed by atoms with Gasteiger partial charge < -0.3 is 0 Å². The van der Waals surface area contributed by atoms with Crippen molar-refractivity contribution in [2.24, 2.45) is 0 Å². The zero-order valence-electron chi connectivity index (χ0n) is 9.21. The molecule has 0 aliphatic heterocycles. The molecule has 0 amide bonds. The highest BCUT2D eigenvalue weighted by Gasteiger charge is 2.16. The Kier molecular flexibility index (Phi) is 3.85. The molecule has 0 saturated carbocycles. The standard InChI is InChI=1S/C14H13FO2/c15-13-9-5-4-8-12(13)14(17-16)10-11-6-2-1-3-7-11/h1-9,14,16H,10H2. The summed E-state index contributed by atoms with van der Waals surface area (Å²) in [6.45, 7) is 0. The summed E-state index contributed by atoms with van der Waals surface area (Å²) >= 11 is 0. The van der Waals surface area contributed by atoms with Gasteiger partial charge in [0.25, 0.3) is 0 Å². The maximum Gasteiger partial charge on any atom is 0.129 e. The minimum Gasteiger partial charge on any atom is -0.251 e. The molecule has 0 aliphatic rings. The highest BCUT2D eigenvalue weighted by atomic mass is 19.1. The van der Waals surface area contributed by atoms with E-state index >= 15 is 0 Å². The van der Waals surface area contributed by atoms with E-state index in [4.69, 9.17) is 5.26 Å². The molecule has 0 radical (unpaired) electrons. The number of halogens is 1. The van der Waals surface area contributed by atoms with Gasteiger partial charge >= 0.3 is 0 Å². The van der Waals surface area contributed by atoms with Gasteiger partial charge in [-0.15, -0.1) is 0 Å². The minimum absolute atomic E-state index is 0.360. The third-order valence-electron chi connectivity index (χ3n) is 2.64. The van der Waals surface area contributed by atoms with Crippen molar-refractivity contribution in [2.75, 3.05) is 0 Å². The Morgan fingerprint density at radius 3 is 2.29 bits per heavy atom. The maximum absolute atomic E-state index is 13.5. The molecule has 3 heteroatoms. The van der Waals surface area contributed by atoms with Gasteiger partial charge in [0.1, 0.15) is 11.9 Å². The summed E-state index contributed by atoms with van der Waals surface area (Å²) in [5.74, 6) is -0.373. The summed E-state index contributed by atoms with van der Waals surface area (Å²) in [5.41, 5.74) is 1.34. The van der Waals surface area contributed by atoms with Crippen LogP contribution < -0.4 is 0 Å². The van der Waals surface area contributed by atoms with E-state index in [0.717, 1.165) is 5.56 Å². The van der Waals surface area contributed by atoms with Crippen molar-refractivity contribution in [3.05, 3.63) is 71.5 Å². The molecule has 2 aromatic carbocycles. The first-order valence-corrected chi connectivity index (χ1v) is 5.40. The second kappa shape index (κ2) is 5.57. The summed E-state index contributed by atoms with van der Waals surface area (Å²) in [6.07, 6.45) is -0.253. The van der Waals surface area contributed by atoms with Crippen molar-refractivity contribution in [1.29, 1.82) is 0 Å². The molecule has 2 aromatic rings. The first-order valence-electron chi connectivity index (χ1n) is 5.40. The Balaban J connectivity index is 2.21. The van der Waals surface area contributed by atoms with Crippen LogP contribution in [-0.2, 0) is 11.3 Å². The number of hydrogen-bond donors (Lipinski definition) is 1.